The van der Waals surface area contributed by atoms with E-state index < -0.39 is 12.1 Å². The van der Waals surface area contributed by atoms with E-state index in [9.17, 15) is 9.59 Å². The molecule has 1 fully saturated rings. The number of carbonyl (C=O) groups is 2. The molecule has 0 spiro atoms. The van der Waals surface area contributed by atoms with Crippen molar-refractivity contribution in [3.8, 4) is 11.3 Å². The van der Waals surface area contributed by atoms with E-state index in [-0.39, 0.29) is 5.91 Å². The standard InChI is InChI=1S/C23H22N2O3/c1-16(22(26)25-13-7-8-14-25)28-23(27)19-15-21(17-9-3-2-4-10-17)24-20-12-6-5-11-18(19)20/h2-6,9-12,15-16H,7-8,13-14H2,1H3/t16-/m0/s1. The van der Waals surface area contributed by atoms with E-state index >= 15 is 0 Å². The molecule has 5 heteroatoms. The van der Waals surface area contributed by atoms with Gasteiger partial charge in [0, 0.05) is 24.0 Å². The lowest BCUT2D eigenvalue weighted by atomic mass is 10.0. The minimum Gasteiger partial charge on any atom is -0.449 e. The Morgan fingerprint density at radius 2 is 1.68 bits per heavy atom. The molecule has 3 aromatic rings. The van der Waals surface area contributed by atoms with E-state index in [4.69, 9.17) is 4.74 Å². The summed E-state index contributed by atoms with van der Waals surface area (Å²) in [5.74, 6) is -0.636. The number of ether oxygens (including phenoxy) is 1. The topological polar surface area (TPSA) is 59.5 Å². The number of likely N-dealkylation sites (tertiary alicyclic amines) is 1. The van der Waals surface area contributed by atoms with Crippen LogP contribution in [0.15, 0.2) is 60.7 Å². The summed E-state index contributed by atoms with van der Waals surface area (Å²) in [5, 5.41) is 0.716. The molecule has 1 atom stereocenters. The Morgan fingerprint density at radius 1 is 1.00 bits per heavy atom. The van der Waals surface area contributed by atoms with Crippen LogP contribution >= 0.6 is 0 Å². The summed E-state index contributed by atoms with van der Waals surface area (Å²) in [6.07, 6.45) is 1.20. The summed E-state index contributed by atoms with van der Waals surface area (Å²) in [6.45, 7) is 3.11. The van der Waals surface area contributed by atoms with Gasteiger partial charge in [-0.1, -0.05) is 48.5 Å². The highest BCUT2D eigenvalue weighted by atomic mass is 16.5. The van der Waals surface area contributed by atoms with Crippen LogP contribution in [0.2, 0.25) is 0 Å². The summed E-state index contributed by atoms with van der Waals surface area (Å²) in [5.41, 5.74) is 2.76. The number of fused-ring (bicyclic) bond motifs is 1. The highest BCUT2D eigenvalue weighted by Crippen LogP contribution is 2.25. The van der Waals surface area contributed by atoms with E-state index in [0.717, 1.165) is 31.5 Å². The molecule has 1 aliphatic rings. The van der Waals surface area contributed by atoms with Gasteiger partial charge in [0.2, 0.25) is 0 Å². The molecule has 0 aliphatic carbocycles. The summed E-state index contributed by atoms with van der Waals surface area (Å²) in [7, 11) is 0. The van der Waals surface area contributed by atoms with Crippen molar-refractivity contribution in [2.45, 2.75) is 25.9 Å². The average molecular weight is 374 g/mol. The second kappa shape index (κ2) is 7.80. The fraction of sp³-hybridized carbons (Fsp3) is 0.261. The van der Waals surface area contributed by atoms with Gasteiger partial charge in [-0.05, 0) is 31.9 Å². The van der Waals surface area contributed by atoms with E-state index in [1.165, 1.54) is 0 Å². The minimum absolute atomic E-state index is 0.132. The monoisotopic (exact) mass is 374 g/mol. The van der Waals surface area contributed by atoms with Gasteiger partial charge >= 0.3 is 5.97 Å². The Kier molecular flexibility index (Phi) is 5.06. The lowest BCUT2D eigenvalue weighted by Crippen LogP contribution is -2.38. The first-order valence-electron chi connectivity index (χ1n) is 9.58. The van der Waals surface area contributed by atoms with E-state index in [0.29, 0.717) is 22.2 Å². The van der Waals surface area contributed by atoms with Crippen LogP contribution in [0.5, 0.6) is 0 Å². The Hall–Kier alpha value is -3.21. The van der Waals surface area contributed by atoms with Crippen molar-refractivity contribution < 1.29 is 14.3 Å². The normalized spacial score (nSPS) is 14.8. The highest BCUT2D eigenvalue weighted by molar-refractivity contribution is 6.05. The zero-order chi connectivity index (χ0) is 19.5. The van der Waals surface area contributed by atoms with Crippen molar-refractivity contribution in [1.29, 1.82) is 0 Å². The Morgan fingerprint density at radius 3 is 2.43 bits per heavy atom. The van der Waals surface area contributed by atoms with Crippen LogP contribution in [0.4, 0.5) is 0 Å². The molecular weight excluding hydrogens is 352 g/mol. The number of benzene rings is 2. The zero-order valence-electron chi connectivity index (χ0n) is 15.8. The second-order valence-electron chi connectivity index (χ2n) is 7.02. The maximum Gasteiger partial charge on any atom is 0.339 e. The molecule has 0 N–H and O–H groups in total. The number of amides is 1. The molecule has 2 heterocycles. The summed E-state index contributed by atoms with van der Waals surface area (Å²) >= 11 is 0. The first-order chi connectivity index (χ1) is 13.6. The van der Waals surface area contributed by atoms with Crippen LogP contribution in [0.3, 0.4) is 0 Å². The molecule has 5 nitrogen and oxygen atoms in total. The minimum atomic E-state index is -0.808. The van der Waals surface area contributed by atoms with Crippen molar-refractivity contribution in [3.63, 3.8) is 0 Å². The maximum atomic E-state index is 13.0. The van der Waals surface area contributed by atoms with Gasteiger partial charge in [-0.25, -0.2) is 9.78 Å². The molecule has 2 aromatic carbocycles. The van der Waals surface area contributed by atoms with Gasteiger partial charge in [0.15, 0.2) is 6.10 Å². The largest absolute Gasteiger partial charge is 0.449 e. The Labute approximate surface area is 163 Å². The van der Waals surface area contributed by atoms with E-state index in [1.807, 2.05) is 54.6 Å². The number of aromatic nitrogens is 1. The number of hydrogen-bond acceptors (Lipinski definition) is 4. The molecule has 1 saturated heterocycles. The SMILES string of the molecule is C[C@H](OC(=O)c1cc(-c2ccccc2)nc2ccccc12)C(=O)N1CCCC1. The van der Waals surface area contributed by atoms with Gasteiger partial charge in [0.1, 0.15) is 0 Å². The van der Waals surface area contributed by atoms with Gasteiger partial charge in [-0.15, -0.1) is 0 Å². The molecule has 142 valence electrons. The molecule has 0 saturated carbocycles. The molecule has 1 aromatic heterocycles. The first kappa shape index (κ1) is 18.2. The van der Waals surface area contributed by atoms with Crippen molar-refractivity contribution in [2.24, 2.45) is 0 Å². The third-order valence-corrected chi connectivity index (χ3v) is 5.05. The van der Waals surface area contributed by atoms with E-state index in [1.54, 1.807) is 17.9 Å². The van der Waals surface area contributed by atoms with Gasteiger partial charge in [-0.2, -0.15) is 0 Å². The van der Waals surface area contributed by atoms with Gasteiger partial charge in [-0.3, -0.25) is 4.79 Å². The predicted molar refractivity (Wildman–Crippen MR) is 108 cm³/mol. The van der Waals surface area contributed by atoms with Gasteiger partial charge in [0.05, 0.1) is 16.8 Å². The fourth-order valence-corrected chi connectivity index (χ4v) is 3.57. The Balaban J connectivity index is 1.66. The maximum absolute atomic E-state index is 13.0. The summed E-state index contributed by atoms with van der Waals surface area (Å²) < 4.78 is 5.55. The first-order valence-corrected chi connectivity index (χ1v) is 9.58. The zero-order valence-corrected chi connectivity index (χ0v) is 15.8. The number of rotatable bonds is 4. The summed E-state index contributed by atoms with van der Waals surface area (Å²) in [6, 6.07) is 18.9. The molecular formula is C23H22N2O3. The number of hydrogen-bond donors (Lipinski definition) is 0. The molecule has 1 aliphatic heterocycles. The lowest BCUT2D eigenvalue weighted by molar-refractivity contribution is -0.138. The highest BCUT2D eigenvalue weighted by Gasteiger charge is 2.27. The fourth-order valence-electron chi connectivity index (χ4n) is 3.57. The van der Waals surface area contributed by atoms with Gasteiger partial charge < -0.3 is 9.64 Å². The third-order valence-electron chi connectivity index (χ3n) is 5.05. The molecule has 1 amide bonds. The van der Waals surface area contributed by atoms with Crippen LogP contribution in [0.1, 0.15) is 30.1 Å². The Bertz CT molecular complexity index is 1010. The van der Waals surface area contributed by atoms with Crippen molar-refractivity contribution >= 4 is 22.8 Å². The quantitative estimate of drug-likeness (QED) is 0.646. The molecule has 0 bridgehead atoms. The van der Waals surface area contributed by atoms with Crippen molar-refractivity contribution in [2.75, 3.05) is 13.1 Å². The average Bonchev–Trinajstić information content (AvgIpc) is 3.27. The van der Waals surface area contributed by atoms with Crippen LogP contribution in [0, 0.1) is 0 Å². The van der Waals surface area contributed by atoms with Crippen LogP contribution in [-0.4, -0.2) is 41.0 Å². The van der Waals surface area contributed by atoms with E-state index in [2.05, 4.69) is 4.98 Å². The molecule has 4 rings (SSSR count). The van der Waals surface area contributed by atoms with Crippen LogP contribution in [-0.2, 0) is 9.53 Å². The van der Waals surface area contributed by atoms with Crippen molar-refractivity contribution in [3.05, 3.63) is 66.2 Å². The van der Waals surface area contributed by atoms with Gasteiger partial charge in [0.25, 0.3) is 5.91 Å². The number of pyridine rings is 1. The number of nitrogens with zero attached hydrogens (tertiary/aromatic N) is 2. The number of carbonyl (C=O) groups excluding carboxylic acids is 2. The smallest absolute Gasteiger partial charge is 0.339 e. The summed E-state index contributed by atoms with van der Waals surface area (Å²) in [4.78, 5) is 31.9. The van der Waals surface area contributed by atoms with Crippen LogP contribution < -0.4 is 0 Å². The molecule has 28 heavy (non-hydrogen) atoms. The molecule has 0 radical (unpaired) electrons. The van der Waals surface area contributed by atoms with Crippen LogP contribution in [0.25, 0.3) is 22.2 Å². The number of esters is 1. The lowest BCUT2D eigenvalue weighted by Gasteiger charge is -2.20. The number of para-hydroxylation sites is 1. The predicted octanol–water partition coefficient (Wildman–Crippen LogP) is 4.07. The van der Waals surface area contributed by atoms with Crippen molar-refractivity contribution in [1.82, 2.24) is 9.88 Å². The third kappa shape index (κ3) is 3.60. The molecule has 0 unspecified atom stereocenters. The second-order valence-corrected chi connectivity index (χ2v) is 7.02.